The second-order valence-corrected chi connectivity index (χ2v) is 5.03. The Bertz CT molecular complexity index is 445. The molecule has 2 N–H and O–H groups in total. The quantitative estimate of drug-likeness (QED) is 0.504. The van der Waals surface area contributed by atoms with Crippen LogP contribution in [0.2, 0.25) is 0 Å². The fourth-order valence-electron chi connectivity index (χ4n) is 2.23. The summed E-state index contributed by atoms with van der Waals surface area (Å²) in [5.74, 6) is 0.933. The van der Waals surface area contributed by atoms with E-state index in [4.69, 9.17) is 15.2 Å². The summed E-state index contributed by atoms with van der Waals surface area (Å²) in [6.45, 7) is 3.16. The van der Waals surface area contributed by atoms with Gasteiger partial charge in [0, 0.05) is 11.6 Å². The zero-order chi connectivity index (χ0) is 13.7. The van der Waals surface area contributed by atoms with Gasteiger partial charge in [0.1, 0.15) is 5.75 Å². The van der Waals surface area contributed by atoms with E-state index in [1.165, 1.54) is 0 Å². The second kappa shape index (κ2) is 6.45. The van der Waals surface area contributed by atoms with Crippen LogP contribution in [0.3, 0.4) is 0 Å². The van der Waals surface area contributed by atoms with Crippen LogP contribution < -0.4 is 10.5 Å². The van der Waals surface area contributed by atoms with Crippen molar-refractivity contribution in [2.75, 3.05) is 18.9 Å². The zero-order valence-electron chi connectivity index (χ0n) is 11.4. The average molecular weight is 263 g/mol. The Morgan fingerprint density at radius 1 is 1.53 bits per heavy atom. The van der Waals surface area contributed by atoms with Crippen LogP contribution in [0, 0.1) is 5.92 Å². The molecule has 4 heteroatoms. The van der Waals surface area contributed by atoms with Crippen molar-refractivity contribution in [2.45, 2.75) is 32.6 Å². The number of hydrogen-bond acceptors (Lipinski definition) is 4. The minimum absolute atomic E-state index is 0.130. The third kappa shape index (κ3) is 3.88. The first kappa shape index (κ1) is 13.7. The monoisotopic (exact) mass is 263 g/mol. The van der Waals surface area contributed by atoms with Gasteiger partial charge in [-0.2, -0.15) is 0 Å². The number of nitrogen functional groups attached to an aromatic ring is 1. The van der Waals surface area contributed by atoms with Crippen LogP contribution in [0.5, 0.6) is 5.75 Å². The van der Waals surface area contributed by atoms with Gasteiger partial charge in [0.15, 0.2) is 0 Å². The molecule has 1 unspecified atom stereocenters. The molecule has 104 valence electrons. The van der Waals surface area contributed by atoms with Crippen molar-refractivity contribution in [2.24, 2.45) is 5.92 Å². The molecule has 19 heavy (non-hydrogen) atoms. The molecule has 0 spiro atoms. The summed E-state index contributed by atoms with van der Waals surface area (Å²) in [6, 6.07) is 5.64. The average Bonchev–Trinajstić information content (AvgIpc) is 2.38. The molecule has 0 saturated heterocycles. The zero-order valence-corrected chi connectivity index (χ0v) is 11.4. The lowest BCUT2D eigenvalue weighted by Gasteiger charge is -2.24. The molecular weight excluding hydrogens is 242 g/mol. The Morgan fingerprint density at radius 2 is 2.37 bits per heavy atom. The number of nitrogens with two attached hydrogens (primary N) is 1. The summed E-state index contributed by atoms with van der Waals surface area (Å²) < 4.78 is 10.8. The molecule has 1 aliphatic rings. The Labute approximate surface area is 113 Å². The molecule has 4 nitrogen and oxygen atoms in total. The van der Waals surface area contributed by atoms with Gasteiger partial charge in [-0.1, -0.05) is 13.3 Å². The van der Waals surface area contributed by atoms with E-state index in [-0.39, 0.29) is 11.9 Å². The van der Waals surface area contributed by atoms with Crippen molar-refractivity contribution >= 4 is 11.7 Å². The van der Waals surface area contributed by atoms with Crippen LogP contribution in [0.15, 0.2) is 18.2 Å². The number of anilines is 1. The standard InChI is InChI=1S/C15H21NO3/c1-2-3-6-18-15(17)8-11-7-12-9-13(16)4-5-14(12)19-10-11/h4-5,9,11H,2-3,6-8,10,16H2,1H3. The lowest BCUT2D eigenvalue weighted by Crippen LogP contribution is -2.24. The van der Waals surface area contributed by atoms with E-state index in [1.807, 2.05) is 18.2 Å². The highest BCUT2D eigenvalue weighted by atomic mass is 16.5. The fraction of sp³-hybridized carbons (Fsp3) is 0.533. The molecule has 0 saturated carbocycles. The van der Waals surface area contributed by atoms with Gasteiger partial charge >= 0.3 is 5.97 Å². The van der Waals surface area contributed by atoms with Crippen molar-refractivity contribution in [3.63, 3.8) is 0 Å². The summed E-state index contributed by atoms with van der Waals surface area (Å²) >= 11 is 0. The maximum atomic E-state index is 11.7. The number of esters is 1. The first-order valence-corrected chi connectivity index (χ1v) is 6.86. The second-order valence-electron chi connectivity index (χ2n) is 5.03. The predicted octanol–water partition coefficient (Wildman–Crippen LogP) is 2.55. The van der Waals surface area contributed by atoms with Gasteiger partial charge in [0.25, 0.3) is 0 Å². The molecule has 1 heterocycles. The van der Waals surface area contributed by atoms with Crippen LogP contribution in [0.4, 0.5) is 5.69 Å². The minimum atomic E-state index is -0.130. The van der Waals surface area contributed by atoms with E-state index in [0.29, 0.717) is 19.6 Å². The molecule has 0 bridgehead atoms. The van der Waals surface area contributed by atoms with Crippen LogP contribution in [-0.4, -0.2) is 19.2 Å². The third-order valence-electron chi connectivity index (χ3n) is 3.28. The van der Waals surface area contributed by atoms with E-state index in [1.54, 1.807) is 0 Å². The maximum Gasteiger partial charge on any atom is 0.306 e. The van der Waals surface area contributed by atoms with Crippen molar-refractivity contribution in [1.82, 2.24) is 0 Å². The maximum absolute atomic E-state index is 11.7. The van der Waals surface area contributed by atoms with E-state index in [2.05, 4.69) is 6.92 Å². The van der Waals surface area contributed by atoms with Crippen molar-refractivity contribution < 1.29 is 14.3 Å². The number of unbranched alkanes of at least 4 members (excludes halogenated alkanes) is 1. The number of ether oxygens (including phenoxy) is 2. The highest BCUT2D eigenvalue weighted by molar-refractivity contribution is 5.69. The molecule has 2 rings (SSSR count). The van der Waals surface area contributed by atoms with Gasteiger partial charge < -0.3 is 15.2 Å². The van der Waals surface area contributed by atoms with Gasteiger partial charge in [0.05, 0.1) is 19.6 Å². The predicted molar refractivity (Wildman–Crippen MR) is 74.0 cm³/mol. The largest absolute Gasteiger partial charge is 0.493 e. The molecule has 0 radical (unpaired) electrons. The van der Waals surface area contributed by atoms with Crippen LogP contribution in [-0.2, 0) is 16.0 Å². The van der Waals surface area contributed by atoms with Gasteiger partial charge in [-0.3, -0.25) is 4.79 Å². The Hall–Kier alpha value is -1.71. The topological polar surface area (TPSA) is 61.5 Å². The third-order valence-corrected chi connectivity index (χ3v) is 3.28. The molecule has 1 atom stereocenters. The SMILES string of the molecule is CCCCOC(=O)CC1COc2ccc(N)cc2C1. The van der Waals surface area contributed by atoms with Gasteiger partial charge in [-0.05, 0) is 36.6 Å². The normalized spacial score (nSPS) is 17.4. The van der Waals surface area contributed by atoms with Crippen LogP contribution >= 0.6 is 0 Å². The Balaban J connectivity index is 1.86. The number of hydrogen-bond donors (Lipinski definition) is 1. The number of fused-ring (bicyclic) bond motifs is 1. The first-order chi connectivity index (χ1) is 9.19. The first-order valence-electron chi connectivity index (χ1n) is 6.86. The number of rotatable bonds is 5. The molecule has 0 aliphatic carbocycles. The Kier molecular flexibility index (Phi) is 4.66. The molecule has 0 fully saturated rings. The highest BCUT2D eigenvalue weighted by Crippen LogP contribution is 2.30. The van der Waals surface area contributed by atoms with E-state index in [9.17, 15) is 4.79 Å². The van der Waals surface area contributed by atoms with Crippen LogP contribution in [0.25, 0.3) is 0 Å². The molecule has 1 aromatic carbocycles. The molecular formula is C15H21NO3. The van der Waals surface area contributed by atoms with Crippen LogP contribution in [0.1, 0.15) is 31.7 Å². The molecule has 1 aliphatic heterocycles. The van der Waals surface area contributed by atoms with E-state index >= 15 is 0 Å². The smallest absolute Gasteiger partial charge is 0.306 e. The number of benzene rings is 1. The van der Waals surface area contributed by atoms with Gasteiger partial charge in [0.2, 0.25) is 0 Å². The number of carbonyl (C=O) groups excluding carboxylic acids is 1. The summed E-state index contributed by atoms with van der Waals surface area (Å²) in [4.78, 5) is 11.7. The van der Waals surface area contributed by atoms with Crippen molar-refractivity contribution in [3.05, 3.63) is 23.8 Å². The highest BCUT2D eigenvalue weighted by Gasteiger charge is 2.23. The van der Waals surface area contributed by atoms with Gasteiger partial charge in [-0.15, -0.1) is 0 Å². The molecule has 0 aromatic heterocycles. The summed E-state index contributed by atoms with van der Waals surface area (Å²) in [5, 5.41) is 0. The summed E-state index contributed by atoms with van der Waals surface area (Å²) in [6.07, 6.45) is 3.19. The summed E-state index contributed by atoms with van der Waals surface area (Å²) in [5.41, 5.74) is 7.57. The lowest BCUT2D eigenvalue weighted by atomic mass is 9.94. The minimum Gasteiger partial charge on any atom is -0.493 e. The number of carbonyl (C=O) groups is 1. The van der Waals surface area contributed by atoms with E-state index in [0.717, 1.165) is 36.3 Å². The summed E-state index contributed by atoms with van der Waals surface area (Å²) in [7, 11) is 0. The Morgan fingerprint density at radius 3 is 3.16 bits per heavy atom. The molecule has 1 aromatic rings. The van der Waals surface area contributed by atoms with Crippen molar-refractivity contribution in [1.29, 1.82) is 0 Å². The van der Waals surface area contributed by atoms with Gasteiger partial charge in [-0.25, -0.2) is 0 Å². The molecule has 0 amide bonds. The lowest BCUT2D eigenvalue weighted by molar-refractivity contribution is -0.145. The van der Waals surface area contributed by atoms with E-state index < -0.39 is 0 Å². The van der Waals surface area contributed by atoms with Crippen molar-refractivity contribution in [3.8, 4) is 5.75 Å². The fourth-order valence-corrected chi connectivity index (χ4v) is 2.23.